The van der Waals surface area contributed by atoms with Gasteiger partial charge in [-0.05, 0) is 47.5 Å². The average molecular weight is 497 g/mol. The van der Waals surface area contributed by atoms with E-state index in [1.165, 1.54) is 6.07 Å². The van der Waals surface area contributed by atoms with Crippen molar-refractivity contribution in [2.75, 3.05) is 6.79 Å². The number of nitrogens with one attached hydrogen (secondary N) is 2. The Balaban J connectivity index is 1.30. The lowest BCUT2D eigenvalue weighted by atomic mass is 10.1. The van der Waals surface area contributed by atoms with Crippen LogP contribution in [0.25, 0.3) is 0 Å². The van der Waals surface area contributed by atoms with Crippen LogP contribution in [0.2, 0.25) is 5.02 Å². The number of benzene rings is 3. The average Bonchev–Trinajstić information content (AvgIpc) is 3.31. The smallest absolute Gasteiger partial charge is 0.412 e. The summed E-state index contributed by atoms with van der Waals surface area (Å²) in [5, 5.41) is 14.9. The molecule has 0 saturated heterocycles. The Morgan fingerprint density at radius 2 is 1.69 bits per heavy atom. The number of fused-ring (bicyclic) bond motifs is 1. The summed E-state index contributed by atoms with van der Waals surface area (Å²) in [5.41, 5.74) is 1.64. The molecule has 3 N–H and O–H groups in total. The van der Waals surface area contributed by atoms with Crippen LogP contribution in [0.15, 0.2) is 66.7 Å². The number of carboxylic acids is 1. The van der Waals surface area contributed by atoms with Crippen LogP contribution in [0.1, 0.15) is 21.5 Å². The molecule has 1 aliphatic heterocycles. The summed E-state index contributed by atoms with van der Waals surface area (Å²) in [6, 6.07) is 16.9. The van der Waals surface area contributed by atoms with Crippen LogP contribution >= 0.6 is 11.6 Å². The minimum atomic E-state index is -1.19. The molecule has 0 bridgehead atoms. The number of hydrogen-bond donors (Lipinski definition) is 3. The summed E-state index contributed by atoms with van der Waals surface area (Å²) in [6.45, 7) is 0.407. The molecule has 3 aromatic rings. The Kier molecular flexibility index (Phi) is 7.37. The molecule has 0 aromatic heterocycles. The molecular formula is C25H21ClN2O7. The van der Waals surface area contributed by atoms with E-state index in [2.05, 4.69) is 10.6 Å². The lowest BCUT2D eigenvalue weighted by molar-refractivity contribution is -0.139. The van der Waals surface area contributed by atoms with Crippen molar-refractivity contribution in [2.24, 2.45) is 0 Å². The van der Waals surface area contributed by atoms with E-state index in [-0.39, 0.29) is 36.1 Å². The number of ether oxygens (including phenoxy) is 3. The van der Waals surface area contributed by atoms with Crippen LogP contribution in [0.3, 0.4) is 0 Å². The molecule has 1 unspecified atom stereocenters. The fourth-order valence-electron chi connectivity index (χ4n) is 3.38. The van der Waals surface area contributed by atoms with E-state index >= 15 is 0 Å². The molecule has 1 atom stereocenters. The molecule has 0 saturated carbocycles. The maximum Gasteiger partial charge on any atom is 0.412 e. The summed E-state index contributed by atoms with van der Waals surface area (Å²) in [4.78, 5) is 36.2. The first kappa shape index (κ1) is 23.9. The van der Waals surface area contributed by atoms with Gasteiger partial charge in [0.05, 0.1) is 10.6 Å². The third-order valence-corrected chi connectivity index (χ3v) is 5.50. The van der Waals surface area contributed by atoms with E-state index in [0.717, 1.165) is 5.56 Å². The van der Waals surface area contributed by atoms with Gasteiger partial charge < -0.3 is 30.0 Å². The first-order valence-electron chi connectivity index (χ1n) is 10.6. The molecule has 9 nitrogen and oxygen atoms in total. The van der Waals surface area contributed by atoms with Gasteiger partial charge in [0.15, 0.2) is 11.5 Å². The molecule has 0 aliphatic carbocycles. The van der Waals surface area contributed by atoms with E-state index in [0.29, 0.717) is 17.1 Å². The number of carboxylic acid groups (broad SMARTS) is 1. The lowest BCUT2D eigenvalue weighted by Gasteiger charge is -2.15. The molecule has 1 heterocycles. The zero-order valence-corrected chi connectivity index (χ0v) is 19.1. The summed E-state index contributed by atoms with van der Waals surface area (Å²) >= 11 is 6.02. The Morgan fingerprint density at radius 3 is 2.43 bits per heavy atom. The number of halogens is 1. The van der Waals surface area contributed by atoms with E-state index in [1.807, 2.05) is 6.07 Å². The van der Waals surface area contributed by atoms with Crippen LogP contribution in [0, 0.1) is 0 Å². The molecule has 0 fully saturated rings. The minimum Gasteiger partial charge on any atom is -0.480 e. The van der Waals surface area contributed by atoms with E-state index in [1.54, 1.807) is 54.6 Å². The quantitative estimate of drug-likeness (QED) is 0.433. The summed E-state index contributed by atoms with van der Waals surface area (Å²) in [5.74, 6) is -0.208. The van der Waals surface area contributed by atoms with Crippen molar-refractivity contribution < 1.29 is 33.7 Å². The van der Waals surface area contributed by atoms with Crippen LogP contribution < -0.4 is 24.8 Å². The molecule has 1 aliphatic rings. The van der Waals surface area contributed by atoms with Gasteiger partial charge in [0.2, 0.25) is 6.79 Å². The molecule has 2 amide bonds. The molecule has 0 radical (unpaired) electrons. The second kappa shape index (κ2) is 10.8. The van der Waals surface area contributed by atoms with Crippen molar-refractivity contribution in [1.82, 2.24) is 10.6 Å². The van der Waals surface area contributed by atoms with Crippen LogP contribution in [0.4, 0.5) is 4.79 Å². The number of rotatable bonds is 8. The van der Waals surface area contributed by atoms with Crippen LogP contribution in [0.5, 0.6) is 17.2 Å². The third-order valence-electron chi connectivity index (χ3n) is 5.17. The predicted molar refractivity (Wildman–Crippen MR) is 126 cm³/mol. The van der Waals surface area contributed by atoms with Gasteiger partial charge >= 0.3 is 12.1 Å². The Bertz CT molecular complexity index is 1250. The van der Waals surface area contributed by atoms with Gasteiger partial charge in [-0.3, -0.25) is 4.79 Å². The Labute approximate surface area is 205 Å². The van der Waals surface area contributed by atoms with Gasteiger partial charge in [-0.2, -0.15) is 0 Å². The first-order chi connectivity index (χ1) is 16.9. The highest BCUT2D eigenvalue weighted by Gasteiger charge is 2.22. The van der Waals surface area contributed by atoms with Gasteiger partial charge in [-0.25, -0.2) is 9.59 Å². The fourth-order valence-corrected chi connectivity index (χ4v) is 3.60. The van der Waals surface area contributed by atoms with Crippen molar-refractivity contribution in [2.45, 2.75) is 19.0 Å². The van der Waals surface area contributed by atoms with E-state index in [9.17, 15) is 19.5 Å². The number of aliphatic carboxylic acids is 1. The monoisotopic (exact) mass is 496 g/mol. The van der Waals surface area contributed by atoms with Crippen molar-refractivity contribution >= 4 is 29.6 Å². The van der Waals surface area contributed by atoms with Crippen LogP contribution in [-0.2, 0) is 17.8 Å². The normalized spacial score (nSPS) is 12.5. The SMILES string of the molecule is O=C(NCc1ccc2c(c1)OCO2)Oc1ccc(CC(NC(=O)c2ccccc2Cl)C(=O)O)cc1. The van der Waals surface area contributed by atoms with Crippen LogP contribution in [-0.4, -0.2) is 35.9 Å². The third kappa shape index (κ3) is 6.21. The summed E-state index contributed by atoms with van der Waals surface area (Å²) in [7, 11) is 0. The van der Waals surface area contributed by atoms with Gasteiger partial charge in [0, 0.05) is 13.0 Å². The predicted octanol–water partition coefficient (Wildman–Crippen LogP) is 3.78. The van der Waals surface area contributed by atoms with Crippen molar-refractivity contribution in [3.63, 3.8) is 0 Å². The highest BCUT2D eigenvalue weighted by molar-refractivity contribution is 6.33. The minimum absolute atomic E-state index is 0.0299. The van der Waals surface area contributed by atoms with Crippen molar-refractivity contribution in [1.29, 1.82) is 0 Å². The second-order valence-corrected chi connectivity index (χ2v) is 8.03. The lowest BCUT2D eigenvalue weighted by Crippen LogP contribution is -2.42. The Morgan fingerprint density at radius 1 is 0.971 bits per heavy atom. The topological polar surface area (TPSA) is 123 Å². The first-order valence-corrected chi connectivity index (χ1v) is 11.0. The highest BCUT2D eigenvalue weighted by Crippen LogP contribution is 2.32. The number of carbonyl (C=O) groups excluding carboxylic acids is 2. The van der Waals surface area contributed by atoms with E-state index < -0.39 is 24.0 Å². The number of carbonyl (C=O) groups is 3. The molecular weight excluding hydrogens is 476 g/mol. The van der Waals surface area contributed by atoms with Gasteiger partial charge in [-0.1, -0.05) is 41.9 Å². The van der Waals surface area contributed by atoms with Gasteiger partial charge in [-0.15, -0.1) is 0 Å². The maximum absolute atomic E-state index is 12.4. The summed E-state index contributed by atoms with van der Waals surface area (Å²) in [6.07, 6.45) is -0.617. The van der Waals surface area contributed by atoms with Crippen molar-refractivity contribution in [3.05, 3.63) is 88.4 Å². The molecule has 4 rings (SSSR count). The molecule has 0 spiro atoms. The molecule has 10 heteroatoms. The zero-order chi connectivity index (χ0) is 24.8. The number of amides is 2. The molecule has 35 heavy (non-hydrogen) atoms. The maximum atomic E-state index is 12.4. The standard InChI is InChI=1S/C25H21ClN2O7/c26-19-4-2-1-3-18(19)23(29)28-20(24(30)31)11-15-5-8-17(9-6-15)35-25(32)27-13-16-7-10-21-22(12-16)34-14-33-21/h1-10,12,20H,11,13-14H2,(H,27,32)(H,28,29)(H,30,31). The highest BCUT2D eigenvalue weighted by atomic mass is 35.5. The van der Waals surface area contributed by atoms with E-state index in [4.69, 9.17) is 25.8 Å². The van der Waals surface area contributed by atoms with Gasteiger partial charge in [0.1, 0.15) is 11.8 Å². The summed E-state index contributed by atoms with van der Waals surface area (Å²) < 4.78 is 15.8. The fraction of sp³-hybridized carbons (Fsp3) is 0.160. The largest absolute Gasteiger partial charge is 0.480 e. The van der Waals surface area contributed by atoms with Crippen molar-refractivity contribution in [3.8, 4) is 17.2 Å². The second-order valence-electron chi connectivity index (χ2n) is 7.62. The number of hydrogen-bond acceptors (Lipinski definition) is 6. The zero-order valence-electron chi connectivity index (χ0n) is 18.3. The Hall–Kier alpha value is -4.24. The van der Waals surface area contributed by atoms with Gasteiger partial charge in [0.25, 0.3) is 5.91 Å². The molecule has 3 aromatic carbocycles. The molecule has 180 valence electrons.